The molecule has 0 amide bonds. The van der Waals surface area contributed by atoms with E-state index in [1.807, 2.05) is 0 Å². The molecule has 4 rings (SSSR count). The Morgan fingerprint density at radius 3 is 2.48 bits per heavy atom. The fourth-order valence-corrected chi connectivity index (χ4v) is 8.07. The van der Waals surface area contributed by atoms with Gasteiger partial charge in [0.1, 0.15) is 9.77 Å². The summed E-state index contributed by atoms with van der Waals surface area (Å²) in [6.07, 6.45) is 3.73. The molecule has 4 unspecified atom stereocenters. The second-order valence-corrected chi connectivity index (χ2v) is 10.2. The van der Waals surface area contributed by atoms with E-state index in [2.05, 4.69) is 20.7 Å². The molecule has 21 heavy (non-hydrogen) atoms. The van der Waals surface area contributed by atoms with Crippen LogP contribution in [0.15, 0.2) is 14.7 Å². The second-order valence-electron chi connectivity index (χ2n) is 6.19. The van der Waals surface area contributed by atoms with Crippen molar-refractivity contribution in [3.63, 3.8) is 0 Å². The normalized spacial score (nSPS) is 36.7. The zero-order valence-corrected chi connectivity index (χ0v) is 14.2. The van der Waals surface area contributed by atoms with Crippen LogP contribution < -0.4 is 4.72 Å². The SMILES string of the molecule is O=C(O)c1cc(S(=O)(=O)NC2C3C4CCC(C4)C23)c(Br)s1. The van der Waals surface area contributed by atoms with Crippen molar-refractivity contribution in [2.24, 2.45) is 23.7 Å². The van der Waals surface area contributed by atoms with Gasteiger partial charge in [-0.3, -0.25) is 0 Å². The van der Waals surface area contributed by atoms with Gasteiger partial charge in [-0.2, -0.15) is 0 Å². The van der Waals surface area contributed by atoms with E-state index in [9.17, 15) is 13.2 Å². The molecule has 5 nitrogen and oxygen atoms in total. The average molecular weight is 392 g/mol. The molecule has 0 radical (unpaired) electrons. The van der Waals surface area contributed by atoms with Gasteiger partial charge in [0.2, 0.25) is 10.0 Å². The molecule has 1 aromatic rings. The Bertz CT molecular complexity index is 713. The third kappa shape index (κ3) is 2.10. The van der Waals surface area contributed by atoms with Crippen molar-refractivity contribution in [2.75, 3.05) is 0 Å². The van der Waals surface area contributed by atoms with Gasteiger partial charge in [-0.1, -0.05) is 0 Å². The summed E-state index contributed by atoms with van der Waals surface area (Å²) in [6.45, 7) is 0. The highest BCUT2D eigenvalue weighted by atomic mass is 79.9. The molecule has 3 fully saturated rings. The van der Waals surface area contributed by atoms with Crippen LogP contribution in [0.25, 0.3) is 0 Å². The number of aromatic carboxylic acids is 1. The van der Waals surface area contributed by atoms with Gasteiger partial charge in [-0.25, -0.2) is 17.9 Å². The fraction of sp³-hybridized carbons (Fsp3) is 0.615. The van der Waals surface area contributed by atoms with Crippen molar-refractivity contribution in [1.82, 2.24) is 4.72 Å². The number of carboxylic acids is 1. The number of carboxylic acid groups (broad SMARTS) is 1. The van der Waals surface area contributed by atoms with Gasteiger partial charge < -0.3 is 5.11 Å². The molecule has 0 aromatic carbocycles. The van der Waals surface area contributed by atoms with Crippen molar-refractivity contribution in [2.45, 2.75) is 30.2 Å². The number of hydrogen-bond acceptors (Lipinski definition) is 4. The summed E-state index contributed by atoms with van der Waals surface area (Å²) < 4.78 is 28.1. The van der Waals surface area contributed by atoms with Gasteiger partial charge in [-0.15, -0.1) is 11.3 Å². The zero-order chi connectivity index (χ0) is 14.9. The molecule has 3 aliphatic carbocycles. The first-order valence-corrected chi connectivity index (χ1v) is 10.0. The highest BCUT2D eigenvalue weighted by Crippen LogP contribution is 2.65. The Kier molecular flexibility index (Phi) is 3.06. The number of halogens is 1. The Morgan fingerprint density at radius 2 is 1.95 bits per heavy atom. The van der Waals surface area contributed by atoms with E-state index in [0.29, 0.717) is 27.5 Å². The van der Waals surface area contributed by atoms with Crippen molar-refractivity contribution < 1.29 is 18.3 Å². The van der Waals surface area contributed by atoms with E-state index < -0.39 is 16.0 Å². The number of nitrogens with one attached hydrogen (secondary N) is 1. The van der Waals surface area contributed by atoms with Crippen molar-refractivity contribution in [3.05, 3.63) is 14.7 Å². The first-order valence-electron chi connectivity index (χ1n) is 6.93. The molecule has 0 aliphatic heterocycles. The molecule has 8 heteroatoms. The zero-order valence-electron chi connectivity index (χ0n) is 11.0. The number of thiophene rings is 1. The minimum Gasteiger partial charge on any atom is -0.477 e. The summed E-state index contributed by atoms with van der Waals surface area (Å²) >= 11 is 4.09. The van der Waals surface area contributed by atoms with E-state index in [1.54, 1.807) is 0 Å². The molecule has 114 valence electrons. The molecule has 2 bridgehead atoms. The maximum Gasteiger partial charge on any atom is 0.345 e. The first kappa shape index (κ1) is 14.2. The molecule has 1 heterocycles. The summed E-state index contributed by atoms with van der Waals surface area (Å²) in [6, 6.07) is 1.29. The highest BCUT2D eigenvalue weighted by molar-refractivity contribution is 9.11. The topological polar surface area (TPSA) is 83.5 Å². The van der Waals surface area contributed by atoms with Crippen LogP contribution in [0.5, 0.6) is 0 Å². The average Bonchev–Trinajstić information content (AvgIpc) is 2.83. The Labute approximate surface area is 134 Å². The number of sulfonamides is 1. The van der Waals surface area contributed by atoms with Crippen LogP contribution in [0.1, 0.15) is 28.9 Å². The van der Waals surface area contributed by atoms with E-state index >= 15 is 0 Å². The molecule has 2 N–H and O–H groups in total. The minimum atomic E-state index is -3.65. The summed E-state index contributed by atoms with van der Waals surface area (Å²) in [4.78, 5) is 11.0. The predicted octanol–water partition coefficient (Wildman–Crippen LogP) is 2.53. The van der Waals surface area contributed by atoms with Gasteiger partial charge in [0.15, 0.2) is 0 Å². The van der Waals surface area contributed by atoms with Crippen LogP contribution in [-0.4, -0.2) is 25.5 Å². The predicted molar refractivity (Wildman–Crippen MR) is 80.9 cm³/mol. The first-order chi connectivity index (χ1) is 9.88. The lowest BCUT2D eigenvalue weighted by molar-refractivity contribution is 0.0702. The van der Waals surface area contributed by atoms with Crippen molar-refractivity contribution in [1.29, 1.82) is 0 Å². The molecule has 4 atom stereocenters. The van der Waals surface area contributed by atoms with E-state index in [-0.39, 0.29) is 15.8 Å². The number of rotatable bonds is 4. The Balaban J connectivity index is 1.56. The van der Waals surface area contributed by atoms with E-state index in [1.165, 1.54) is 25.3 Å². The largest absolute Gasteiger partial charge is 0.477 e. The summed E-state index contributed by atoms with van der Waals surface area (Å²) in [7, 11) is -3.65. The number of carbonyl (C=O) groups is 1. The summed E-state index contributed by atoms with van der Waals surface area (Å²) in [5.74, 6) is 1.29. The molecule has 0 spiro atoms. The standard InChI is InChI=1S/C13H14BrNO4S2/c14-12-8(4-7(20-12)13(16)17)21(18,19)15-11-9-5-1-2-6(3-5)10(9)11/h4-6,9-11,15H,1-3H2,(H,16,17). The third-order valence-corrected chi connectivity index (χ3v) is 8.88. The van der Waals surface area contributed by atoms with Gasteiger partial charge in [0.05, 0.1) is 3.79 Å². The maximum absolute atomic E-state index is 12.5. The monoisotopic (exact) mass is 391 g/mol. The van der Waals surface area contributed by atoms with Crippen LogP contribution in [0, 0.1) is 23.7 Å². The molecule has 1 aromatic heterocycles. The van der Waals surface area contributed by atoms with E-state index in [0.717, 1.165) is 11.3 Å². The van der Waals surface area contributed by atoms with Crippen LogP contribution >= 0.6 is 27.3 Å². The van der Waals surface area contributed by atoms with Crippen molar-refractivity contribution >= 4 is 43.3 Å². The van der Waals surface area contributed by atoms with Crippen molar-refractivity contribution in [3.8, 4) is 0 Å². The van der Waals surface area contributed by atoms with Crippen LogP contribution in [0.2, 0.25) is 0 Å². The summed E-state index contributed by atoms with van der Waals surface area (Å²) in [5, 5.41) is 8.97. The Hall–Kier alpha value is -0.440. The smallest absolute Gasteiger partial charge is 0.345 e. The molecular formula is C13H14BrNO4S2. The van der Waals surface area contributed by atoms with E-state index in [4.69, 9.17) is 5.11 Å². The van der Waals surface area contributed by atoms with Gasteiger partial charge in [0, 0.05) is 6.04 Å². The highest BCUT2D eigenvalue weighted by Gasteiger charge is 2.65. The van der Waals surface area contributed by atoms with Gasteiger partial charge in [-0.05, 0) is 64.9 Å². The Morgan fingerprint density at radius 1 is 1.33 bits per heavy atom. The lowest BCUT2D eigenvalue weighted by Gasteiger charge is -2.10. The van der Waals surface area contributed by atoms with Gasteiger partial charge >= 0.3 is 5.97 Å². The minimum absolute atomic E-state index is 0.0262. The van der Waals surface area contributed by atoms with Crippen LogP contribution in [-0.2, 0) is 10.0 Å². The molecule has 3 saturated carbocycles. The lowest BCUT2D eigenvalue weighted by atomic mass is 10.0. The third-order valence-electron chi connectivity index (χ3n) is 5.18. The molecule has 3 aliphatic rings. The molecular weight excluding hydrogens is 378 g/mol. The quantitative estimate of drug-likeness (QED) is 0.825. The fourth-order valence-electron chi connectivity index (χ4n) is 4.37. The molecule has 0 saturated heterocycles. The number of hydrogen-bond donors (Lipinski definition) is 2. The van der Waals surface area contributed by atoms with Gasteiger partial charge in [0.25, 0.3) is 0 Å². The number of fused-ring (bicyclic) bond motifs is 5. The van der Waals surface area contributed by atoms with Crippen LogP contribution in [0.3, 0.4) is 0 Å². The maximum atomic E-state index is 12.5. The van der Waals surface area contributed by atoms with Crippen LogP contribution in [0.4, 0.5) is 0 Å². The second kappa shape index (κ2) is 4.53. The lowest BCUT2D eigenvalue weighted by Crippen LogP contribution is -2.30. The summed E-state index contributed by atoms with van der Waals surface area (Å²) in [5.41, 5.74) is 0.